The van der Waals surface area contributed by atoms with Crippen molar-refractivity contribution in [1.29, 1.82) is 0 Å². The van der Waals surface area contributed by atoms with Crippen LogP contribution in [0, 0.1) is 0 Å². The van der Waals surface area contributed by atoms with E-state index in [1.807, 2.05) is 19.4 Å². The summed E-state index contributed by atoms with van der Waals surface area (Å²) in [6, 6.07) is 0. The molecule has 6 nitrogen and oxygen atoms in total. The number of ether oxygens (including phenoxy) is 1. The van der Waals surface area contributed by atoms with Crippen LogP contribution in [0.4, 0.5) is 0 Å². The lowest BCUT2D eigenvalue weighted by Crippen LogP contribution is -4.29. The average Bonchev–Trinajstić information content (AvgIpc) is 1.80. The van der Waals surface area contributed by atoms with Gasteiger partial charge in [-0.2, -0.15) is 0 Å². The highest BCUT2D eigenvalue weighted by Crippen LogP contribution is 1.86. The second-order valence-electron chi connectivity index (χ2n) is 2.31. The van der Waals surface area contributed by atoms with Crippen LogP contribution in [0.5, 0.6) is 0 Å². The Balaban J connectivity index is 0. The maximum Gasteiger partial charge on any atom is 0.356 e. The largest absolute Gasteiger partial charge is 0.463 e. The fraction of sp³-hybridized carbons (Fsp3) is 0.833. The predicted octanol–water partition coefficient (Wildman–Crippen LogP) is -7.32. The zero-order valence-electron chi connectivity index (χ0n) is 8.15. The number of hydrogen-bond donors (Lipinski definition) is 0. The molecular formula is C6H13IO6S. The maximum absolute atomic E-state index is 10.6. The van der Waals surface area contributed by atoms with Crippen molar-refractivity contribution in [3.63, 3.8) is 0 Å². The molecule has 0 amide bonds. The number of hydrogen-bond acceptors (Lipinski definition) is 6. The van der Waals surface area contributed by atoms with Crippen LogP contribution in [0.25, 0.3) is 0 Å². The molecule has 0 aromatic carbocycles. The summed E-state index contributed by atoms with van der Waals surface area (Å²) in [6.07, 6.45) is 4.05. The van der Waals surface area contributed by atoms with E-state index in [0.29, 0.717) is 12.4 Å². The lowest BCUT2D eigenvalue weighted by atomic mass is 10.8. The van der Waals surface area contributed by atoms with Gasteiger partial charge in [0.2, 0.25) is 5.75 Å². The number of carbonyl (C=O) groups excluding carboxylic acids is 1. The highest BCUT2D eigenvalue weighted by Gasteiger charge is 2.10. The van der Waals surface area contributed by atoms with Crippen LogP contribution in [0.15, 0.2) is 0 Å². The molecule has 0 fully saturated rings. The van der Waals surface area contributed by atoms with Gasteiger partial charge in [0.15, 0.2) is 0 Å². The summed E-state index contributed by atoms with van der Waals surface area (Å²) in [5.74, 6) is 0.485. The highest BCUT2D eigenvalue weighted by atomic mass is 127. The van der Waals surface area contributed by atoms with Gasteiger partial charge in [0.05, 0.1) is 19.1 Å². The van der Waals surface area contributed by atoms with E-state index < -0.39 is 20.1 Å². The third kappa shape index (κ3) is 29.4. The van der Waals surface area contributed by atoms with Gasteiger partial charge in [-0.3, -0.25) is 13.7 Å². The monoisotopic (exact) mass is 340 g/mol. The maximum atomic E-state index is 10.6. The van der Waals surface area contributed by atoms with E-state index in [2.05, 4.69) is 0 Å². The summed E-state index contributed by atoms with van der Waals surface area (Å²) in [5.41, 5.74) is 0. The molecule has 0 aromatic heterocycles. The fourth-order valence-electron chi connectivity index (χ4n) is 0.438. The lowest BCUT2D eigenvalue weighted by molar-refractivity contribution is -2.00. The van der Waals surface area contributed by atoms with Crippen molar-refractivity contribution in [3.8, 4) is 0 Å². The molecule has 0 N–H and O–H groups in total. The fourth-order valence-corrected chi connectivity index (χ4v) is 0.993. The number of halogens is 1. The first-order valence-corrected chi connectivity index (χ1v) is 9.21. The van der Waals surface area contributed by atoms with Gasteiger partial charge >= 0.3 is 5.97 Å². The van der Waals surface area contributed by atoms with E-state index in [4.69, 9.17) is 18.5 Å². The van der Waals surface area contributed by atoms with Crippen molar-refractivity contribution in [2.45, 2.75) is 6.92 Å². The standard InChI is InChI=1S/C6H13O2S.IO4/c1-4-8-6(7)5-9(2)3;2-1(3,4)5/h4-5H2,1-3H3;/q+1;-1. The minimum atomic E-state index is -5.94. The molecule has 0 spiro atoms. The Labute approximate surface area is 92.0 Å². The quantitative estimate of drug-likeness (QED) is 0.286. The van der Waals surface area contributed by atoms with Gasteiger partial charge in [-0.15, -0.1) is 0 Å². The van der Waals surface area contributed by atoms with Crippen LogP contribution in [0.1, 0.15) is 6.92 Å². The van der Waals surface area contributed by atoms with Crippen LogP contribution >= 0.6 is 0 Å². The molecule has 0 radical (unpaired) electrons. The summed E-state index contributed by atoms with van der Waals surface area (Å²) in [4.78, 5) is 10.6. The summed E-state index contributed by atoms with van der Waals surface area (Å²) < 4.78 is 39.2. The van der Waals surface area contributed by atoms with E-state index in [1.54, 1.807) is 0 Å². The molecule has 0 aliphatic heterocycles. The number of carbonyl (C=O) groups is 1. The number of esters is 1. The Morgan fingerprint density at radius 2 is 1.64 bits per heavy atom. The van der Waals surface area contributed by atoms with Crippen molar-refractivity contribution in [2.24, 2.45) is 0 Å². The van der Waals surface area contributed by atoms with E-state index in [-0.39, 0.29) is 16.9 Å². The predicted molar refractivity (Wildman–Crippen MR) is 40.7 cm³/mol. The molecule has 0 aliphatic carbocycles. The summed E-state index contributed by atoms with van der Waals surface area (Å²) in [6.45, 7) is 2.32. The minimum Gasteiger partial charge on any atom is -0.463 e. The van der Waals surface area contributed by atoms with Gasteiger partial charge in [0, 0.05) is 0 Å². The molecule has 86 valence electrons. The Bertz CT molecular complexity index is 151. The Kier molecular flexibility index (Phi) is 10.4. The van der Waals surface area contributed by atoms with Crippen LogP contribution in [0.2, 0.25) is 0 Å². The first kappa shape index (κ1) is 16.8. The van der Waals surface area contributed by atoms with Crippen LogP contribution in [-0.4, -0.2) is 30.8 Å². The van der Waals surface area contributed by atoms with Crippen molar-refractivity contribution in [3.05, 3.63) is 0 Å². The van der Waals surface area contributed by atoms with E-state index in [9.17, 15) is 4.79 Å². The topological polar surface area (TPSA) is 119 Å². The van der Waals surface area contributed by atoms with Gasteiger partial charge in [-0.1, -0.05) is 0 Å². The zero-order chi connectivity index (χ0) is 11.8. The Hall–Kier alpha value is 0.390. The van der Waals surface area contributed by atoms with Crippen LogP contribution < -0.4 is 33.8 Å². The molecule has 8 heteroatoms. The molecule has 14 heavy (non-hydrogen) atoms. The SMILES string of the molecule is CCOC(=O)C[S+](C)C.[O-][I+3]([O-])([O-])[O-]. The van der Waals surface area contributed by atoms with Gasteiger partial charge < -0.3 is 4.74 Å². The molecule has 0 aromatic rings. The average molecular weight is 340 g/mol. The first-order chi connectivity index (χ1) is 6.16. The van der Waals surface area contributed by atoms with E-state index in [0.717, 1.165) is 0 Å². The Morgan fingerprint density at radius 3 is 1.86 bits per heavy atom. The Morgan fingerprint density at radius 1 is 1.29 bits per heavy atom. The lowest BCUT2D eigenvalue weighted by Gasteiger charge is -2.08. The van der Waals surface area contributed by atoms with Crippen molar-refractivity contribution in [1.82, 2.24) is 0 Å². The molecule has 0 saturated heterocycles. The second kappa shape index (κ2) is 8.68. The summed E-state index contributed by atoms with van der Waals surface area (Å²) in [5, 5.41) is 0. The molecule has 0 unspecified atom stereocenters. The molecule has 0 atom stereocenters. The summed E-state index contributed by atoms with van der Waals surface area (Å²) >= 11 is -5.94. The van der Waals surface area contributed by atoms with Crippen LogP contribution in [0.3, 0.4) is 0 Å². The van der Waals surface area contributed by atoms with Crippen molar-refractivity contribution in [2.75, 3.05) is 24.9 Å². The second-order valence-corrected chi connectivity index (χ2v) is 6.73. The van der Waals surface area contributed by atoms with Crippen molar-refractivity contribution >= 4 is 16.9 Å². The smallest absolute Gasteiger partial charge is 0.356 e. The molecular weight excluding hydrogens is 327 g/mol. The molecule has 0 aliphatic rings. The third-order valence-corrected chi connectivity index (χ3v) is 1.52. The zero-order valence-corrected chi connectivity index (χ0v) is 11.1. The van der Waals surface area contributed by atoms with Gasteiger partial charge in [-0.05, 0) is 17.8 Å². The summed E-state index contributed by atoms with van der Waals surface area (Å²) in [7, 11) is 0.178. The van der Waals surface area contributed by atoms with Crippen LogP contribution in [-0.2, 0) is 20.4 Å². The first-order valence-electron chi connectivity index (χ1n) is 3.48. The normalized spacial score (nSPS) is 10.6. The highest BCUT2D eigenvalue weighted by molar-refractivity contribution is 7.96. The van der Waals surface area contributed by atoms with E-state index >= 15 is 0 Å². The van der Waals surface area contributed by atoms with Gasteiger partial charge in [0.1, 0.15) is 20.1 Å². The molecule has 0 heterocycles. The molecule has 0 bridgehead atoms. The van der Waals surface area contributed by atoms with E-state index in [1.165, 1.54) is 0 Å². The third-order valence-electron chi connectivity index (χ3n) is 0.712. The van der Waals surface area contributed by atoms with Gasteiger partial charge in [-0.25, -0.2) is 4.79 Å². The molecule has 0 rings (SSSR count). The van der Waals surface area contributed by atoms with Gasteiger partial charge in [0.25, 0.3) is 0 Å². The molecule has 0 saturated carbocycles. The minimum absolute atomic E-state index is 0.0779. The number of rotatable bonds is 3. The van der Waals surface area contributed by atoms with Crippen molar-refractivity contribution < 1.29 is 43.4 Å².